The van der Waals surface area contributed by atoms with Crippen molar-refractivity contribution in [2.75, 3.05) is 0 Å². The van der Waals surface area contributed by atoms with Crippen LogP contribution in [-0.4, -0.2) is 18.2 Å². The Hall–Kier alpha value is 0.856. The molecule has 1 aromatic carbocycles. The maximum Gasteiger partial charge on any atom is 0.618 e. The topological polar surface area (TPSA) is 0 Å². The zero-order valence-corrected chi connectivity index (χ0v) is 9.54. The molecule has 0 aliphatic carbocycles. The molecule has 0 aliphatic rings. The van der Waals surface area contributed by atoms with Crippen LogP contribution >= 0.6 is 29.7 Å². The number of hydrogen-bond acceptors (Lipinski definition) is 0. The summed E-state index contributed by atoms with van der Waals surface area (Å²) in [6.07, 6.45) is 0. The number of rotatable bonds is 0. The van der Waals surface area contributed by atoms with E-state index < -0.39 is 18.2 Å². The summed E-state index contributed by atoms with van der Waals surface area (Å²) in [4.78, 5) is 0. The summed E-state index contributed by atoms with van der Waals surface area (Å²) in [6.45, 7) is 3.70. The molecule has 4 heteroatoms. The summed E-state index contributed by atoms with van der Waals surface area (Å²) in [5, 5.41) is 0.748. The molecule has 0 fully saturated rings. The standard InChI is InChI=1S/C7H6Cl.2ClH.Mg/c1-6-3-2-4-7(8)5-6;;;/h2-5H,1H2;2*1H;/q;;;+2/p-2. The second kappa shape index (κ2) is 7.50. The Kier molecular flexibility index (Phi) is 8.09. The van der Waals surface area contributed by atoms with E-state index in [1.54, 1.807) is 0 Å². The van der Waals surface area contributed by atoms with Crippen LogP contribution in [0.25, 0.3) is 0 Å². The third kappa shape index (κ3) is 7.22. The van der Waals surface area contributed by atoms with Crippen LogP contribution in [0.3, 0.4) is 0 Å². The van der Waals surface area contributed by atoms with Crippen molar-refractivity contribution in [2.45, 2.75) is 0 Å². The van der Waals surface area contributed by atoms with Gasteiger partial charge in [0, 0.05) is 5.02 Å². The van der Waals surface area contributed by atoms with Gasteiger partial charge in [-0.05, 0) is 24.6 Å². The first-order valence-corrected chi connectivity index (χ1v) is 7.55. The molecular weight excluding hydrogens is 215 g/mol. The van der Waals surface area contributed by atoms with Crippen LogP contribution in [-0.2, 0) is 0 Å². The van der Waals surface area contributed by atoms with Gasteiger partial charge in [-0.1, -0.05) is 23.7 Å². The molecule has 1 rings (SSSR count). The average Bonchev–Trinajstić information content (AvgIpc) is 1.88. The predicted molar refractivity (Wildman–Crippen MR) is 53.4 cm³/mol. The lowest BCUT2D eigenvalue weighted by Crippen LogP contribution is -1.66. The highest BCUT2D eigenvalue weighted by molar-refractivity contribution is 7.22. The Morgan fingerprint density at radius 3 is 2.09 bits per heavy atom. The van der Waals surface area contributed by atoms with Crippen LogP contribution in [0.4, 0.5) is 0 Å². The van der Waals surface area contributed by atoms with E-state index in [9.17, 15) is 0 Å². The fraction of sp³-hybridized carbons (Fsp3) is 0. The summed E-state index contributed by atoms with van der Waals surface area (Å²) < 4.78 is 0. The minimum Gasteiger partial charge on any atom is -0.309 e. The van der Waals surface area contributed by atoms with Crippen molar-refractivity contribution >= 4 is 47.9 Å². The van der Waals surface area contributed by atoms with Crippen molar-refractivity contribution in [3.8, 4) is 0 Å². The highest BCUT2D eigenvalue weighted by atomic mass is 35.6. The smallest absolute Gasteiger partial charge is 0.309 e. The molecule has 0 unspecified atom stereocenters. The number of halogens is 3. The SMILES string of the molecule is [CH2]c1cccc(Cl)c1.[Cl][Mg][Cl]. The van der Waals surface area contributed by atoms with Gasteiger partial charge in [-0.15, -0.1) is 0 Å². The molecule has 0 nitrogen and oxygen atoms in total. The zero-order chi connectivity index (χ0) is 8.69. The summed E-state index contributed by atoms with van der Waals surface area (Å²) in [5.74, 6) is 0. The van der Waals surface area contributed by atoms with E-state index in [0.29, 0.717) is 0 Å². The van der Waals surface area contributed by atoms with E-state index in [2.05, 4.69) is 6.92 Å². The number of hydrogen-bond donors (Lipinski definition) is 0. The second-order valence-electron chi connectivity index (χ2n) is 1.73. The Balaban J connectivity index is 0.000000292. The van der Waals surface area contributed by atoms with Crippen LogP contribution in [0.2, 0.25) is 5.02 Å². The van der Waals surface area contributed by atoms with Crippen molar-refractivity contribution in [3.63, 3.8) is 0 Å². The Labute approximate surface area is 89.1 Å². The normalized spacial score (nSPS) is 7.64. The lowest BCUT2D eigenvalue weighted by molar-refractivity contribution is 1.61. The van der Waals surface area contributed by atoms with E-state index in [4.69, 9.17) is 29.7 Å². The Bertz CT molecular complexity index is 185. The van der Waals surface area contributed by atoms with Crippen LogP contribution in [0.5, 0.6) is 0 Å². The van der Waals surface area contributed by atoms with Crippen molar-refractivity contribution in [3.05, 3.63) is 41.8 Å². The molecule has 1 aromatic rings. The van der Waals surface area contributed by atoms with Crippen molar-refractivity contribution in [2.24, 2.45) is 0 Å². The van der Waals surface area contributed by atoms with Gasteiger partial charge in [0.05, 0.1) is 0 Å². The van der Waals surface area contributed by atoms with Gasteiger partial charge in [-0.25, -0.2) is 0 Å². The number of benzene rings is 1. The first-order chi connectivity index (χ1) is 5.20. The van der Waals surface area contributed by atoms with Crippen molar-refractivity contribution in [1.82, 2.24) is 0 Å². The van der Waals surface area contributed by atoms with Gasteiger partial charge in [-0.3, -0.25) is 0 Å². The largest absolute Gasteiger partial charge is 0.618 e. The van der Waals surface area contributed by atoms with Crippen LogP contribution in [0.15, 0.2) is 24.3 Å². The molecular formula is C7H6Cl3Mg. The summed E-state index contributed by atoms with van der Waals surface area (Å²) >= 11 is 4.97. The van der Waals surface area contributed by atoms with Gasteiger partial charge < -0.3 is 18.1 Å². The molecule has 0 bridgehead atoms. The van der Waals surface area contributed by atoms with E-state index >= 15 is 0 Å². The third-order valence-electron chi connectivity index (χ3n) is 0.889. The lowest BCUT2D eigenvalue weighted by Gasteiger charge is -1.88. The summed E-state index contributed by atoms with van der Waals surface area (Å²) in [6, 6.07) is 7.44. The fourth-order valence-electron chi connectivity index (χ4n) is 0.537. The molecule has 0 N–H and O–H groups in total. The average molecular weight is 221 g/mol. The van der Waals surface area contributed by atoms with Crippen molar-refractivity contribution < 1.29 is 0 Å². The second-order valence-corrected chi connectivity index (χ2v) is 4.79. The van der Waals surface area contributed by atoms with Crippen LogP contribution < -0.4 is 0 Å². The van der Waals surface area contributed by atoms with Gasteiger partial charge in [0.2, 0.25) is 0 Å². The van der Waals surface area contributed by atoms with E-state index in [-0.39, 0.29) is 0 Å². The summed E-state index contributed by atoms with van der Waals surface area (Å²) in [5.41, 5.74) is 0.956. The quantitative estimate of drug-likeness (QED) is 0.587. The monoisotopic (exact) mass is 219 g/mol. The molecule has 0 amide bonds. The molecule has 0 saturated carbocycles. The molecule has 57 valence electrons. The maximum atomic E-state index is 5.60. The highest BCUT2D eigenvalue weighted by Gasteiger charge is 1.83. The molecule has 0 heterocycles. The van der Waals surface area contributed by atoms with E-state index in [1.807, 2.05) is 24.3 Å². The van der Waals surface area contributed by atoms with Crippen LogP contribution in [0, 0.1) is 6.92 Å². The minimum absolute atomic E-state index is 0.639. The van der Waals surface area contributed by atoms with Gasteiger partial charge in [0.15, 0.2) is 0 Å². The molecule has 0 aliphatic heterocycles. The maximum absolute atomic E-state index is 5.60. The van der Waals surface area contributed by atoms with Gasteiger partial charge in [0.25, 0.3) is 0 Å². The molecule has 0 atom stereocenters. The zero-order valence-electron chi connectivity index (χ0n) is 5.86. The molecule has 0 saturated heterocycles. The Morgan fingerprint density at radius 1 is 1.27 bits per heavy atom. The molecule has 11 heavy (non-hydrogen) atoms. The van der Waals surface area contributed by atoms with Crippen LogP contribution in [0.1, 0.15) is 5.56 Å². The van der Waals surface area contributed by atoms with Gasteiger partial charge >= 0.3 is 18.2 Å². The minimum atomic E-state index is -0.639. The van der Waals surface area contributed by atoms with Gasteiger partial charge in [-0.2, -0.15) is 0 Å². The molecule has 1 radical (unpaired) electrons. The molecule has 0 spiro atoms. The summed E-state index contributed by atoms with van der Waals surface area (Å²) in [7, 11) is 9.81. The fourth-order valence-corrected chi connectivity index (χ4v) is 0.750. The molecule has 0 aromatic heterocycles. The van der Waals surface area contributed by atoms with Gasteiger partial charge in [0.1, 0.15) is 0 Å². The predicted octanol–water partition coefficient (Wildman–Crippen LogP) is 3.52. The Morgan fingerprint density at radius 2 is 1.82 bits per heavy atom. The first kappa shape index (κ1) is 11.9. The van der Waals surface area contributed by atoms with E-state index in [0.717, 1.165) is 10.6 Å². The lowest BCUT2D eigenvalue weighted by atomic mass is 10.2. The van der Waals surface area contributed by atoms with Crippen molar-refractivity contribution in [1.29, 1.82) is 0 Å². The highest BCUT2D eigenvalue weighted by Crippen LogP contribution is 2.08. The van der Waals surface area contributed by atoms with E-state index in [1.165, 1.54) is 0 Å². The third-order valence-corrected chi connectivity index (χ3v) is 1.12. The first-order valence-electron chi connectivity index (χ1n) is 2.90.